The van der Waals surface area contributed by atoms with Crippen LogP contribution in [0.25, 0.3) is 21.9 Å². The maximum Gasteiger partial charge on any atom is 0.195 e. The van der Waals surface area contributed by atoms with E-state index in [1.54, 1.807) is 7.05 Å². The number of nitrogens with zero attached hydrogens (tertiary/aromatic N) is 2. The summed E-state index contributed by atoms with van der Waals surface area (Å²) in [5.74, 6) is 0.446. The van der Waals surface area contributed by atoms with Crippen LogP contribution in [-0.4, -0.2) is 18.2 Å². The van der Waals surface area contributed by atoms with Gasteiger partial charge in [-0.3, -0.25) is 4.99 Å². The van der Waals surface area contributed by atoms with E-state index in [9.17, 15) is 0 Å². The molecule has 3 aromatic rings. The number of amidine groups is 2. The van der Waals surface area contributed by atoms with E-state index >= 15 is 0 Å². The van der Waals surface area contributed by atoms with Crippen molar-refractivity contribution in [3.05, 3.63) is 48.0 Å². The number of benzene rings is 2. The monoisotopic (exact) mass is 285 g/mol. The molecule has 20 heavy (non-hydrogen) atoms. The second kappa shape index (κ2) is 4.98. The molecule has 0 aliphatic heterocycles. The zero-order valence-electron chi connectivity index (χ0n) is 10.8. The van der Waals surface area contributed by atoms with Crippen molar-refractivity contribution in [2.45, 2.75) is 0 Å². The van der Waals surface area contributed by atoms with Gasteiger partial charge in [-0.05, 0) is 23.7 Å². The Kier molecular flexibility index (Phi) is 3.16. The Hall–Kier alpha value is -2.33. The Morgan fingerprint density at radius 2 is 1.85 bits per heavy atom. The molecule has 2 N–H and O–H groups in total. The molecule has 0 spiro atoms. The molecule has 0 fully saturated rings. The molecule has 0 amide bonds. The van der Waals surface area contributed by atoms with Crippen molar-refractivity contribution < 1.29 is 4.42 Å². The van der Waals surface area contributed by atoms with Crippen LogP contribution in [0.2, 0.25) is 0 Å². The van der Waals surface area contributed by atoms with Crippen LogP contribution < -0.4 is 5.73 Å². The molecular formula is C15H12ClN3O. The van der Waals surface area contributed by atoms with Crippen LogP contribution in [0.3, 0.4) is 0 Å². The molecule has 0 aliphatic carbocycles. The van der Waals surface area contributed by atoms with Crippen LogP contribution in [0.15, 0.2) is 56.9 Å². The Balaban J connectivity index is 2.34. The number of rotatable bonds is 1. The standard InChI is InChI=1S/C15H12ClN3O/c1-18-14(19-15(16)17)11-7-4-6-10-9-5-2-3-8-12(9)20-13(10)11/h2-8H,1H3,(H2,17,18,19). The van der Waals surface area contributed by atoms with Crippen molar-refractivity contribution in [3.8, 4) is 0 Å². The van der Waals surface area contributed by atoms with Gasteiger partial charge in [-0.15, -0.1) is 0 Å². The summed E-state index contributed by atoms with van der Waals surface area (Å²) in [5.41, 5.74) is 7.76. The van der Waals surface area contributed by atoms with Crippen molar-refractivity contribution in [1.29, 1.82) is 0 Å². The third-order valence-corrected chi connectivity index (χ3v) is 3.15. The topological polar surface area (TPSA) is 63.9 Å². The SMILES string of the molecule is CN=C(N=C(N)Cl)c1cccc2c1oc1ccccc12. The van der Waals surface area contributed by atoms with Crippen LogP contribution in [0.1, 0.15) is 5.56 Å². The lowest BCUT2D eigenvalue weighted by Gasteiger charge is -2.01. The van der Waals surface area contributed by atoms with E-state index in [4.69, 9.17) is 21.8 Å². The zero-order chi connectivity index (χ0) is 14.1. The fourth-order valence-corrected chi connectivity index (χ4v) is 2.34. The number of hydrogen-bond acceptors (Lipinski definition) is 2. The summed E-state index contributed by atoms with van der Waals surface area (Å²) < 4.78 is 5.91. The van der Waals surface area contributed by atoms with Gasteiger partial charge in [0.1, 0.15) is 11.2 Å². The lowest BCUT2D eigenvalue weighted by atomic mass is 10.1. The van der Waals surface area contributed by atoms with Crippen molar-refractivity contribution >= 4 is 44.7 Å². The average Bonchev–Trinajstić information content (AvgIpc) is 2.83. The van der Waals surface area contributed by atoms with Crippen LogP contribution in [0, 0.1) is 0 Å². The highest BCUT2D eigenvalue weighted by Gasteiger charge is 2.13. The predicted octanol–water partition coefficient (Wildman–Crippen LogP) is 3.52. The molecule has 5 heteroatoms. The van der Waals surface area contributed by atoms with Gasteiger partial charge in [-0.1, -0.05) is 30.3 Å². The fourth-order valence-electron chi connectivity index (χ4n) is 2.26. The van der Waals surface area contributed by atoms with Crippen LogP contribution in [0.5, 0.6) is 0 Å². The Bertz CT molecular complexity index is 845. The summed E-state index contributed by atoms with van der Waals surface area (Å²) in [6.07, 6.45) is 0. The van der Waals surface area contributed by atoms with E-state index in [0.29, 0.717) is 5.84 Å². The first-order valence-electron chi connectivity index (χ1n) is 6.08. The van der Waals surface area contributed by atoms with Gasteiger partial charge in [0, 0.05) is 17.8 Å². The summed E-state index contributed by atoms with van der Waals surface area (Å²) in [7, 11) is 1.64. The fraction of sp³-hybridized carbons (Fsp3) is 0.0667. The number of nitrogens with two attached hydrogens (primary N) is 1. The molecule has 0 bridgehead atoms. The quantitative estimate of drug-likeness (QED) is 0.422. The number of para-hydroxylation sites is 2. The van der Waals surface area contributed by atoms with Crippen molar-refractivity contribution in [2.75, 3.05) is 7.05 Å². The molecule has 2 aromatic carbocycles. The second-order valence-electron chi connectivity index (χ2n) is 4.26. The first-order chi connectivity index (χ1) is 9.70. The summed E-state index contributed by atoms with van der Waals surface area (Å²) >= 11 is 5.65. The Labute approximate surface area is 120 Å². The molecule has 1 aromatic heterocycles. The Morgan fingerprint density at radius 3 is 2.60 bits per heavy atom. The molecule has 0 aliphatic rings. The minimum Gasteiger partial charge on any atom is -0.455 e. The van der Waals surface area contributed by atoms with Crippen molar-refractivity contribution in [3.63, 3.8) is 0 Å². The molecular weight excluding hydrogens is 274 g/mol. The van der Waals surface area contributed by atoms with E-state index in [-0.39, 0.29) is 5.29 Å². The second-order valence-corrected chi connectivity index (χ2v) is 4.65. The summed E-state index contributed by atoms with van der Waals surface area (Å²) in [6, 6.07) is 13.7. The smallest absolute Gasteiger partial charge is 0.195 e. The van der Waals surface area contributed by atoms with Gasteiger partial charge < -0.3 is 10.2 Å². The zero-order valence-corrected chi connectivity index (χ0v) is 11.6. The van der Waals surface area contributed by atoms with Crippen molar-refractivity contribution in [2.24, 2.45) is 15.7 Å². The average molecular weight is 286 g/mol. The lowest BCUT2D eigenvalue weighted by Crippen LogP contribution is -2.07. The van der Waals surface area contributed by atoms with E-state index < -0.39 is 0 Å². The molecule has 100 valence electrons. The highest BCUT2D eigenvalue weighted by molar-refractivity contribution is 6.65. The van der Waals surface area contributed by atoms with E-state index in [1.165, 1.54) is 0 Å². The van der Waals surface area contributed by atoms with Gasteiger partial charge in [0.25, 0.3) is 0 Å². The van der Waals surface area contributed by atoms with E-state index in [0.717, 1.165) is 27.5 Å². The molecule has 4 nitrogen and oxygen atoms in total. The number of halogens is 1. The van der Waals surface area contributed by atoms with Gasteiger partial charge in [-0.25, -0.2) is 4.99 Å². The summed E-state index contributed by atoms with van der Waals surface area (Å²) in [4.78, 5) is 8.16. The van der Waals surface area contributed by atoms with Crippen LogP contribution in [-0.2, 0) is 0 Å². The third kappa shape index (κ3) is 2.04. The van der Waals surface area contributed by atoms with Gasteiger partial charge in [0.05, 0.1) is 5.56 Å². The van der Waals surface area contributed by atoms with Crippen LogP contribution >= 0.6 is 11.6 Å². The third-order valence-electron chi connectivity index (χ3n) is 3.07. The van der Waals surface area contributed by atoms with Gasteiger partial charge in [0.2, 0.25) is 0 Å². The van der Waals surface area contributed by atoms with E-state index in [1.807, 2.05) is 42.5 Å². The van der Waals surface area contributed by atoms with Crippen LogP contribution in [0.4, 0.5) is 0 Å². The van der Waals surface area contributed by atoms with Gasteiger partial charge in [0.15, 0.2) is 11.1 Å². The molecule has 0 unspecified atom stereocenters. The van der Waals surface area contributed by atoms with E-state index in [2.05, 4.69) is 9.98 Å². The normalized spacial score (nSPS) is 13.3. The molecule has 0 atom stereocenters. The lowest BCUT2D eigenvalue weighted by molar-refractivity contribution is 0.668. The number of hydrogen-bond donors (Lipinski definition) is 1. The number of furan rings is 1. The summed E-state index contributed by atoms with van der Waals surface area (Å²) in [6.45, 7) is 0. The highest BCUT2D eigenvalue weighted by atomic mass is 35.5. The van der Waals surface area contributed by atoms with Crippen molar-refractivity contribution in [1.82, 2.24) is 0 Å². The molecule has 3 rings (SSSR count). The maximum atomic E-state index is 5.91. The first-order valence-corrected chi connectivity index (χ1v) is 6.45. The molecule has 0 radical (unpaired) electrons. The largest absolute Gasteiger partial charge is 0.455 e. The number of fused-ring (bicyclic) bond motifs is 3. The Morgan fingerprint density at radius 1 is 1.10 bits per heavy atom. The molecule has 0 saturated heterocycles. The minimum atomic E-state index is -0.0567. The highest BCUT2D eigenvalue weighted by Crippen LogP contribution is 2.31. The predicted molar refractivity (Wildman–Crippen MR) is 83.7 cm³/mol. The number of aliphatic imine (C=N–C) groups is 2. The molecule has 0 saturated carbocycles. The first kappa shape index (κ1) is 12.7. The molecule has 1 heterocycles. The van der Waals surface area contributed by atoms with Gasteiger partial charge in [-0.2, -0.15) is 0 Å². The van der Waals surface area contributed by atoms with Gasteiger partial charge >= 0.3 is 0 Å². The minimum absolute atomic E-state index is 0.0567. The maximum absolute atomic E-state index is 5.91. The summed E-state index contributed by atoms with van der Waals surface area (Å²) in [5, 5.41) is 2.02.